The van der Waals surface area contributed by atoms with Crippen LogP contribution in [0.1, 0.15) is 13.3 Å². The minimum atomic E-state index is -0.238. The number of nitrogen functional groups attached to an aromatic ring is 1. The molecule has 0 atom stereocenters. The minimum absolute atomic E-state index is 0.0574. The van der Waals surface area contributed by atoms with E-state index in [1.54, 1.807) is 22.9 Å². The van der Waals surface area contributed by atoms with Crippen LogP contribution in [0.2, 0.25) is 0 Å². The number of pyridine rings is 1. The van der Waals surface area contributed by atoms with Crippen LogP contribution in [0, 0.1) is 5.82 Å². The quantitative estimate of drug-likeness (QED) is 0.889. The summed E-state index contributed by atoms with van der Waals surface area (Å²) in [6.07, 6.45) is 2.44. The average Bonchev–Trinajstić information content (AvgIpc) is 2.47. The molecule has 112 valence electrons. The van der Waals surface area contributed by atoms with Crippen molar-refractivity contribution in [1.82, 2.24) is 4.57 Å². The fraction of sp³-hybridized carbons (Fsp3) is 0.312. The zero-order chi connectivity index (χ0) is 15.2. The molecule has 0 aliphatic heterocycles. The van der Waals surface area contributed by atoms with Crippen molar-refractivity contribution >= 4 is 11.4 Å². The highest BCUT2D eigenvalue weighted by atomic mass is 19.1. The number of benzene rings is 1. The molecule has 1 heterocycles. The highest BCUT2D eigenvalue weighted by Crippen LogP contribution is 2.15. The number of anilines is 2. The molecular formula is C16H20FN3O. The second kappa shape index (κ2) is 6.92. The Morgan fingerprint density at radius 2 is 2.10 bits per heavy atom. The molecule has 2 rings (SSSR count). The molecule has 2 N–H and O–H groups in total. The van der Waals surface area contributed by atoms with Gasteiger partial charge in [-0.2, -0.15) is 0 Å². The van der Waals surface area contributed by atoms with E-state index in [0.29, 0.717) is 12.2 Å². The van der Waals surface area contributed by atoms with Gasteiger partial charge in [0.05, 0.1) is 0 Å². The van der Waals surface area contributed by atoms with E-state index in [1.807, 2.05) is 13.0 Å². The molecule has 5 heteroatoms. The number of aromatic nitrogens is 1. The van der Waals surface area contributed by atoms with Gasteiger partial charge in [0.2, 0.25) is 0 Å². The molecule has 2 aromatic rings. The van der Waals surface area contributed by atoms with Gasteiger partial charge in [0, 0.05) is 43.3 Å². The Morgan fingerprint density at radius 3 is 2.81 bits per heavy atom. The maximum atomic E-state index is 13.3. The van der Waals surface area contributed by atoms with E-state index in [9.17, 15) is 9.18 Å². The first-order valence-electron chi connectivity index (χ1n) is 7.06. The van der Waals surface area contributed by atoms with Crippen molar-refractivity contribution in [1.29, 1.82) is 0 Å². The number of nitrogens with zero attached hydrogens (tertiary/aromatic N) is 2. The summed E-state index contributed by atoms with van der Waals surface area (Å²) >= 11 is 0. The maximum absolute atomic E-state index is 13.3. The molecule has 0 radical (unpaired) electrons. The van der Waals surface area contributed by atoms with E-state index in [0.717, 1.165) is 25.2 Å². The third-order valence-corrected chi connectivity index (χ3v) is 3.39. The second-order valence-corrected chi connectivity index (χ2v) is 4.91. The van der Waals surface area contributed by atoms with Crippen molar-refractivity contribution in [2.24, 2.45) is 0 Å². The third-order valence-electron chi connectivity index (χ3n) is 3.39. The van der Waals surface area contributed by atoms with Gasteiger partial charge in [-0.05, 0) is 37.6 Å². The van der Waals surface area contributed by atoms with Crippen molar-refractivity contribution in [3.05, 3.63) is 58.8 Å². The van der Waals surface area contributed by atoms with Crippen LogP contribution < -0.4 is 16.2 Å². The summed E-state index contributed by atoms with van der Waals surface area (Å²) < 4.78 is 14.9. The average molecular weight is 289 g/mol. The number of halogens is 1. The monoisotopic (exact) mass is 289 g/mol. The highest BCUT2D eigenvalue weighted by Gasteiger charge is 2.05. The summed E-state index contributed by atoms with van der Waals surface area (Å²) in [4.78, 5) is 13.8. The Bertz CT molecular complexity index is 654. The molecule has 0 fully saturated rings. The lowest BCUT2D eigenvalue weighted by atomic mass is 10.2. The Labute approximate surface area is 123 Å². The molecule has 0 amide bonds. The topological polar surface area (TPSA) is 51.3 Å². The van der Waals surface area contributed by atoms with Gasteiger partial charge >= 0.3 is 0 Å². The van der Waals surface area contributed by atoms with Gasteiger partial charge < -0.3 is 15.2 Å². The molecule has 21 heavy (non-hydrogen) atoms. The number of nitrogens with two attached hydrogens (primary N) is 1. The maximum Gasteiger partial charge on any atom is 0.250 e. The lowest BCUT2D eigenvalue weighted by Crippen LogP contribution is -2.27. The molecule has 0 saturated carbocycles. The van der Waals surface area contributed by atoms with Crippen LogP contribution in [0.15, 0.2) is 47.4 Å². The zero-order valence-corrected chi connectivity index (χ0v) is 12.1. The summed E-state index contributed by atoms with van der Waals surface area (Å²) in [6, 6.07) is 9.62. The van der Waals surface area contributed by atoms with E-state index < -0.39 is 0 Å². The molecule has 0 bridgehead atoms. The van der Waals surface area contributed by atoms with Gasteiger partial charge in [0.15, 0.2) is 0 Å². The van der Waals surface area contributed by atoms with Gasteiger partial charge in [-0.1, -0.05) is 6.07 Å². The Balaban J connectivity index is 1.98. The Morgan fingerprint density at radius 1 is 1.29 bits per heavy atom. The molecule has 1 aromatic heterocycles. The largest absolute Gasteiger partial charge is 0.398 e. The normalized spacial score (nSPS) is 10.6. The fourth-order valence-electron chi connectivity index (χ4n) is 2.30. The first kappa shape index (κ1) is 15.1. The zero-order valence-electron chi connectivity index (χ0n) is 12.1. The van der Waals surface area contributed by atoms with E-state index in [2.05, 4.69) is 4.90 Å². The van der Waals surface area contributed by atoms with Gasteiger partial charge in [-0.3, -0.25) is 4.79 Å². The third kappa shape index (κ3) is 4.08. The lowest BCUT2D eigenvalue weighted by Gasteiger charge is -2.23. The Hall–Kier alpha value is -2.30. The molecule has 0 aliphatic carbocycles. The van der Waals surface area contributed by atoms with Crippen LogP contribution in [0.25, 0.3) is 0 Å². The summed E-state index contributed by atoms with van der Waals surface area (Å²) in [5.41, 5.74) is 7.06. The minimum Gasteiger partial charge on any atom is -0.398 e. The van der Waals surface area contributed by atoms with E-state index in [1.165, 1.54) is 18.2 Å². The first-order valence-corrected chi connectivity index (χ1v) is 7.06. The summed E-state index contributed by atoms with van der Waals surface area (Å²) in [7, 11) is 0. The standard InChI is InChI=1S/C16H20FN3O/c1-2-19(15-6-3-5-13(17)11-15)9-4-10-20-12-14(18)7-8-16(20)21/h3,5-8,11-12H,2,4,9-10,18H2,1H3. The van der Waals surface area contributed by atoms with Gasteiger partial charge in [-0.25, -0.2) is 4.39 Å². The van der Waals surface area contributed by atoms with Crippen LogP contribution in [0.5, 0.6) is 0 Å². The summed E-state index contributed by atoms with van der Waals surface area (Å²) in [6.45, 7) is 4.16. The van der Waals surface area contributed by atoms with E-state index >= 15 is 0 Å². The van der Waals surface area contributed by atoms with Crippen molar-refractivity contribution in [3.63, 3.8) is 0 Å². The SMILES string of the molecule is CCN(CCCn1cc(N)ccc1=O)c1cccc(F)c1. The molecule has 0 aliphatic rings. The number of hydrogen-bond acceptors (Lipinski definition) is 3. The van der Waals surface area contributed by atoms with Crippen molar-refractivity contribution in [2.75, 3.05) is 23.7 Å². The van der Waals surface area contributed by atoms with Gasteiger partial charge in [0.25, 0.3) is 5.56 Å². The molecule has 4 nitrogen and oxygen atoms in total. The molecular weight excluding hydrogens is 269 g/mol. The van der Waals surface area contributed by atoms with Crippen molar-refractivity contribution in [2.45, 2.75) is 19.9 Å². The van der Waals surface area contributed by atoms with E-state index in [-0.39, 0.29) is 11.4 Å². The van der Waals surface area contributed by atoms with Crippen molar-refractivity contribution in [3.8, 4) is 0 Å². The molecule has 0 unspecified atom stereocenters. The number of rotatable bonds is 6. The van der Waals surface area contributed by atoms with Crippen LogP contribution in [0.3, 0.4) is 0 Å². The fourth-order valence-corrected chi connectivity index (χ4v) is 2.30. The number of aryl methyl sites for hydroxylation is 1. The van der Waals surface area contributed by atoms with Crippen molar-refractivity contribution < 1.29 is 4.39 Å². The predicted molar refractivity (Wildman–Crippen MR) is 84.0 cm³/mol. The van der Waals surface area contributed by atoms with Gasteiger partial charge in [-0.15, -0.1) is 0 Å². The van der Waals surface area contributed by atoms with Crippen LogP contribution in [0.4, 0.5) is 15.8 Å². The van der Waals surface area contributed by atoms with Crippen LogP contribution in [-0.4, -0.2) is 17.7 Å². The first-order chi connectivity index (χ1) is 10.1. The summed E-state index contributed by atoms with van der Waals surface area (Å²) in [5.74, 6) is -0.238. The smallest absolute Gasteiger partial charge is 0.250 e. The number of hydrogen-bond donors (Lipinski definition) is 1. The lowest BCUT2D eigenvalue weighted by molar-refractivity contribution is 0.607. The van der Waals surface area contributed by atoms with Gasteiger partial charge in [0.1, 0.15) is 5.82 Å². The predicted octanol–water partition coefficient (Wildman–Crippen LogP) is 2.49. The molecule has 0 saturated heterocycles. The Kier molecular flexibility index (Phi) is 4.98. The second-order valence-electron chi connectivity index (χ2n) is 4.91. The van der Waals surface area contributed by atoms with E-state index in [4.69, 9.17) is 5.73 Å². The highest BCUT2D eigenvalue weighted by molar-refractivity contribution is 5.46. The molecule has 1 aromatic carbocycles. The van der Waals surface area contributed by atoms with Crippen LogP contribution >= 0.6 is 0 Å². The van der Waals surface area contributed by atoms with Crippen LogP contribution in [-0.2, 0) is 6.54 Å². The molecule has 0 spiro atoms. The summed E-state index contributed by atoms with van der Waals surface area (Å²) in [5, 5.41) is 0.